The molecular formula is C45H110FeO15P5. The summed E-state index contributed by atoms with van der Waals surface area (Å²) in [7, 11) is -6.32. The van der Waals surface area contributed by atoms with Crippen LogP contribution in [-0.4, -0.2) is 99.1 Å². The summed E-state index contributed by atoms with van der Waals surface area (Å²) in [5, 5.41) is 0. The molecule has 0 bridgehead atoms. The normalized spacial score (nSPS) is 15.2. The third kappa shape index (κ3) is 14.9. The fourth-order valence-electron chi connectivity index (χ4n) is 6.80. The van der Waals surface area contributed by atoms with Crippen molar-refractivity contribution >= 4 is 33.2 Å². The predicted molar refractivity (Wildman–Crippen MR) is 285 cm³/mol. The quantitative estimate of drug-likeness (QED) is 0.0421. The van der Waals surface area contributed by atoms with Gasteiger partial charge in [0.05, 0.1) is 0 Å². The molecule has 0 rings (SSSR count). The van der Waals surface area contributed by atoms with Gasteiger partial charge in [0, 0.05) is 0 Å². The van der Waals surface area contributed by atoms with Crippen LogP contribution in [-0.2, 0) is 77.4 Å². The van der Waals surface area contributed by atoms with Crippen molar-refractivity contribution in [3.05, 3.63) is 0 Å². The first-order valence-corrected chi connectivity index (χ1v) is 42.6. The minimum atomic E-state index is -6.32. The van der Waals surface area contributed by atoms with Gasteiger partial charge in [-0.25, -0.2) is 0 Å². The molecule has 0 unspecified atom stereocenters. The average Bonchev–Trinajstić information content (AvgIpc) is 3.34. The topological polar surface area (TPSA) is 138 Å². The second kappa shape index (κ2) is 38.6. The van der Waals surface area contributed by atoms with Gasteiger partial charge in [-0.1, -0.05) is 0 Å². The number of hydrogen-bond acceptors (Lipinski definition) is 15. The molecule has 0 radical (unpaired) electrons. The van der Waals surface area contributed by atoms with Crippen LogP contribution in [0, 0.1) is 0 Å². The summed E-state index contributed by atoms with van der Waals surface area (Å²) in [6.07, 6.45) is 9.05. The maximum absolute atomic E-state index is 7.97. The van der Waals surface area contributed by atoms with Crippen LogP contribution in [0.3, 0.4) is 0 Å². The molecule has 0 aromatic rings. The Morgan fingerprint density at radius 3 is 0.303 bits per heavy atom. The molecule has 0 fully saturated rings. The van der Waals surface area contributed by atoms with Crippen molar-refractivity contribution in [3.63, 3.8) is 0 Å². The predicted octanol–water partition coefficient (Wildman–Crippen LogP) is 16.1. The summed E-state index contributed by atoms with van der Waals surface area (Å²) in [5.74, 6) is 0. The van der Waals surface area contributed by atoms with E-state index >= 15 is 0 Å². The van der Waals surface area contributed by atoms with E-state index in [1.807, 2.05) is 0 Å². The van der Waals surface area contributed by atoms with Crippen molar-refractivity contribution in [2.45, 2.75) is 200 Å². The zero-order valence-electron chi connectivity index (χ0n) is 45.2. The molecule has 0 aliphatic rings. The molecule has 413 valence electrons. The molecule has 0 aliphatic carbocycles. The fraction of sp³-hybridized carbons (Fsp3) is 1.00. The van der Waals surface area contributed by atoms with Crippen LogP contribution >= 0.6 is 33.2 Å². The summed E-state index contributed by atoms with van der Waals surface area (Å²) >= 11 is 0. The van der Waals surface area contributed by atoms with Crippen molar-refractivity contribution in [1.29, 1.82) is 0 Å². The Balaban J connectivity index is 12.2. The van der Waals surface area contributed by atoms with E-state index in [0.29, 0.717) is 96.3 Å². The zero-order valence-corrected chi connectivity index (χ0v) is 51.3. The average molecular weight is 1100 g/mol. The van der Waals surface area contributed by atoms with Gasteiger partial charge in [0.25, 0.3) is 0 Å². The summed E-state index contributed by atoms with van der Waals surface area (Å²) in [4.78, 5) is 0. The number of rotatable bonds is 50. The van der Waals surface area contributed by atoms with E-state index in [0.717, 1.165) is 0 Å². The molecule has 0 spiro atoms. The summed E-state index contributed by atoms with van der Waals surface area (Å²) in [6.45, 7) is 9.26. The van der Waals surface area contributed by atoms with E-state index in [9.17, 15) is 0 Å². The van der Waals surface area contributed by atoms with Gasteiger partial charge in [-0.3, -0.25) is 0 Å². The molecule has 21 heteroatoms. The van der Waals surface area contributed by atoms with E-state index in [1.54, 1.807) is 0 Å². The van der Waals surface area contributed by atoms with Crippen LogP contribution in [0.5, 0.6) is 0 Å². The summed E-state index contributed by atoms with van der Waals surface area (Å²) in [6, 6.07) is 0. The Kier molecular flexibility index (Phi) is 39.8. The molecule has 0 aromatic carbocycles. The monoisotopic (exact) mass is 1100 g/mol. The van der Waals surface area contributed by atoms with Gasteiger partial charge in [-0.2, -0.15) is 0 Å². The third-order valence-electron chi connectivity index (χ3n) is 9.29. The Morgan fingerprint density at radius 2 is 0.242 bits per heavy atom. The molecule has 0 aromatic heterocycles. The second-order valence-corrected chi connectivity index (χ2v) is 67.0. The van der Waals surface area contributed by atoms with Crippen molar-refractivity contribution in [3.8, 4) is 0 Å². The minimum absolute atomic E-state index is 0.208. The van der Waals surface area contributed by atoms with Gasteiger partial charge in [-0.05, 0) is 0 Å². The maximum atomic E-state index is 7.97. The first kappa shape index (κ1) is 68.1. The van der Waals surface area contributed by atoms with Crippen molar-refractivity contribution in [1.82, 2.24) is 0 Å². The van der Waals surface area contributed by atoms with Gasteiger partial charge in [0.15, 0.2) is 0 Å². The summed E-state index contributed by atoms with van der Waals surface area (Å²) < 4.78 is 120. The van der Waals surface area contributed by atoms with Crippen molar-refractivity contribution in [2.75, 3.05) is 99.1 Å². The van der Waals surface area contributed by atoms with Gasteiger partial charge < -0.3 is 0 Å². The SMILES string of the molecule is CCCO[PH](OCCC)(OCCC)[Fe]([PH](OCCC)(OCCC)OCCC)([PH](OCCC)(OCCC)OCCC)([PH](OCCC)(OCCC)OCCC)[PH](OCCC)(OCCC)OCCC. The Morgan fingerprint density at radius 1 is 0.167 bits per heavy atom. The van der Waals surface area contributed by atoms with Gasteiger partial charge in [0.2, 0.25) is 0 Å². The summed E-state index contributed by atoms with van der Waals surface area (Å²) in [5.41, 5.74) is 0. The number of hydrogen-bond donors (Lipinski definition) is 0. The van der Waals surface area contributed by atoms with Gasteiger partial charge >= 0.3 is 410 Å². The van der Waals surface area contributed by atoms with E-state index in [-0.39, 0.29) is 99.1 Å². The van der Waals surface area contributed by atoms with E-state index in [4.69, 9.17) is 67.9 Å². The molecule has 0 heterocycles. The van der Waals surface area contributed by atoms with Crippen LogP contribution in [0.15, 0.2) is 0 Å². The first-order valence-electron chi connectivity index (χ1n) is 26.4. The molecule has 0 saturated carbocycles. The van der Waals surface area contributed by atoms with Gasteiger partial charge in [0.1, 0.15) is 0 Å². The van der Waals surface area contributed by atoms with Gasteiger partial charge in [-0.15, -0.1) is 0 Å². The second-order valence-electron chi connectivity index (χ2n) is 15.9. The van der Waals surface area contributed by atoms with E-state index in [2.05, 4.69) is 104 Å². The van der Waals surface area contributed by atoms with Crippen LogP contribution in [0.25, 0.3) is 0 Å². The van der Waals surface area contributed by atoms with Crippen molar-refractivity contribution < 1.29 is 77.4 Å². The fourth-order valence-corrected chi connectivity index (χ4v) is 123. The molecule has 0 atom stereocenters. The molecule has 15 nitrogen and oxygen atoms in total. The van der Waals surface area contributed by atoms with Crippen LogP contribution in [0.2, 0.25) is 0 Å². The molecule has 0 aliphatic heterocycles. The van der Waals surface area contributed by atoms with Crippen molar-refractivity contribution in [2.24, 2.45) is 0 Å². The Labute approximate surface area is 408 Å². The Hall–Kier alpha value is 2.07. The molecule has 0 N–H and O–H groups in total. The van der Waals surface area contributed by atoms with Crippen LogP contribution in [0.4, 0.5) is 0 Å². The molecule has 66 heavy (non-hydrogen) atoms. The molecule has 0 amide bonds. The van der Waals surface area contributed by atoms with E-state index < -0.39 is 42.7 Å². The standard InChI is InChI=1S/5C9H22O3P.Fe/c5*1-4-7-10-13(11-8-5-2)12-9-6-3;/h5*13H,4-9H2,1-3H3;/q5*+1;-5. The van der Waals surface area contributed by atoms with E-state index in [1.165, 1.54) is 0 Å². The zero-order chi connectivity index (χ0) is 49.8. The first-order chi connectivity index (χ1) is 32.0. The van der Waals surface area contributed by atoms with Crippen LogP contribution in [0.1, 0.15) is 200 Å². The molecular weight excluding hydrogens is 991 g/mol. The third-order valence-corrected chi connectivity index (χ3v) is 103. The molecule has 0 saturated heterocycles. The van der Waals surface area contributed by atoms with Crippen LogP contribution < -0.4 is 0 Å². The Bertz CT molecular complexity index is 845.